The molecule has 2 aliphatic rings. The first-order valence-electron chi connectivity index (χ1n) is 9.46. The van der Waals surface area contributed by atoms with Gasteiger partial charge in [0, 0.05) is 30.2 Å². The smallest absolute Gasteiger partial charge is 0.141 e. The van der Waals surface area contributed by atoms with Crippen LogP contribution in [0.25, 0.3) is 22.3 Å². The van der Waals surface area contributed by atoms with E-state index < -0.39 is 0 Å². The second-order valence-corrected chi connectivity index (χ2v) is 6.88. The number of hydrogen-bond acceptors (Lipinski definition) is 3. The molecule has 0 saturated carbocycles. The number of nitrogens with zero attached hydrogens (tertiary/aromatic N) is 3. The van der Waals surface area contributed by atoms with Gasteiger partial charge in [-0.1, -0.05) is 26.0 Å². The van der Waals surface area contributed by atoms with E-state index in [2.05, 4.69) is 79.1 Å². The van der Waals surface area contributed by atoms with E-state index in [1.807, 2.05) is 0 Å². The van der Waals surface area contributed by atoms with Gasteiger partial charge in [-0.25, -0.2) is 4.98 Å². The van der Waals surface area contributed by atoms with Gasteiger partial charge >= 0.3 is 0 Å². The first kappa shape index (κ1) is 17.7. The van der Waals surface area contributed by atoms with E-state index in [0.717, 1.165) is 30.1 Å². The van der Waals surface area contributed by atoms with Crippen LogP contribution in [0.5, 0.6) is 0 Å². The second kappa shape index (κ2) is 7.87. The van der Waals surface area contributed by atoms with E-state index in [1.54, 1.807) is 0 Å². The predicted molar refractivity (Wildman–Crippen MR) is 107 cm³/mol. The van der Waals surface area contributed by atoms with Gasteiger partial charge in [0.05, 0.1) is 11.2 Å². The van der Waals surface area contributed by atoms with E-state index in [0.29, 0.717) is 6.04 Å². The third-order valence-corrected chi connectivity index (χ3v) is 5.10. The highest BCUT2D eigenvalue weighted by Crippen LogP contribution is 2.34. The van der Waals surface area contributed by atoms with Crippen molar-refractivity contribution in [1.29, 1.82) is 0 Å². The Balaban J connectivity index is 1.74. The monoisotopic (exact) mass is 338 g/mol. The normalized spacial score (nSPS) is 13.0. The van der Waals surface area contributed by atoms with Gasteiger partial charge in [-0.2, -0.15) is 0 Å². The first-order valence-corrected chi connectivity index (χ1v) is 9.46. The van der Waals surface area contributed by atoms with Gasteiger partial charge in [-0.15, -0.1) is 0 Å². The van der Waals surface area contributed by atoms with Crippen molar-refractivity contribution in [3.63, 3.8) is 0 Å². The maximum Gasteiger partial charge on any atom is 0.141 e. The number of para-hydroxylation sites is 1. The fourth-order valence-electron chi connectivity index (χ4n) is 3.56. The highest BCUT2D eigenvalue weighted by atomic mass is 15.1. The molecule has 0 amide bonds. The largest absolute Gasteiger partial charge is 0.381 e. The number of anilines is 1. The average Bonchev–Trinajstić information content (AvgIpc) is 3.00. The van der Waals surface area contributed by atoms with Gasteiger partial charge < -0.3 is 14.8 Å². The summed E-state index contributed by atoms with van der Waals surface area (Å²) in [6.45, 7) is 10.2. The van der Waals surface area contributed by atoms with Gasteiger partial charge in [0.1, 0.15) is 5.82 Å². The zero-order valence-corrected chi connectivity index (χ0v) is 15.9. The molecule has 4 heteroatoms. The third kappa shape index (κ3) is 3.79. The maximum absolute atomic E-state index is 4.90. The lowest BCUT2D eigenvalue weighted by Crippen LogP contribution is -2.25. The molecule has 0 radical (unpaired) electrons. The van der Waals surface area contributed by atoms with E-state index in [-0.39, 0.29) is 0 Å². The standard InChI is InChI=1S/C21H30N4/c1-5-25(6-2)15-8-10-16(3)22-19-13-7-11-17-18-12-9-14-24(4)21(18)23-20(17)19/h7,9,11-14,16,22H,5-6,8,10,15H2,1-4H3. The van der Waals surface area contributed by atoms with Gasteiger partial charge in [0.25, 0.3) is 0 Å². The van der Waals surface area contributed by atoms with Crippen molar-refractivity contribution in [2.45, 2.75) is 39.7 Å². The van der Waals surface area contributed by atoms with E-state index in [4.69, 9.17) is 4.98 Å². The number of rotatable bonds is 8. The van der Waals surface area contributed by atoms with Crippen molar-refractivity contribution in [2.75, 3.05) is 25.0 Å². The average molecular weight is 338 g/mol. The molecule has 1 atom stereocenters. The minimum absolute atomic E-state index is 0.440. The van der Waals surface area contributed by atoms with Crippen molar-refractivity contribution in [3.8, 4) is 11.4 Å². The molecule has 1 N–H and O–H groups in total. The molecule has 0 saturated heterocycles. The van der Waals surface area contributed by atoms with Crippen LogP contribution in [0.4, 0.5) is 5.69 Å². The minimum atomic E-state index is 0.440. The van der Waals surface area contributed by atoms with Crippen LogP contribution in [0.2, 0.25) is 0 Å². The van der Waals surface area contributed by atoms with Crippen LogP contribution < -0.4 is 5.32 Å². The van der Waals surface area contributed by atoms with Crippen molar-refractivity contribution in [2.24, 2.45) is 7.05 Å². The molecule has 3 rings (SSSR count). The Morgan fingerprint density at radius 3 is 2.72 bits per heavy atom. The Labute approximate surface area is 151 Å². The van der Waals surface area contributed by atoms with E-state index >= 15 is 0 Å². The van der Waals surface area contributed by atoms with Crippen LogP contribution in [0.15, 0.2) is 36.5 Å². The number of hydrogen-bond donors (Lipinski definition) is 1. The molecule has 1 unspecified atom stereocenters. The summed E-state index contributed by atoms with van der Waals surface area (Å²) < 4.78 is 2.09. The number of fused-ring (bicyclic) bond motifs is 3. The van der Waals surface area contributed by atoms with Crippen LogP contribution in [0, 0.1) is 0 Å². The molecular weight excluding hydrogens is 308 g/mol. The highest BCUT2D eigenvalue weighted by Gasteiger charge is 2.16. The molecule has 0 bridgehead atoms. The second-order valence-electron chi connectivity index (χ2n) is 6.88. The number of benzene rings is 1. The molecule has 0 aromatic heterocycles. The quantitative estimate of drug-likeness (QED) is 0.651. The number of nitrogens with one attached hydrogen (secondary N) is 1. The SMILES string of the molecule is CCN(CC)CCCC(C)Nc1cccc2c3cccn(C)c-3nc12. The highest BCUT2D eigenvalue weighted by molar-refractivity contribution is 6.02. The van der Waals surface area contributed by atoms with E-state index in [9.17, 15) is 0 Å². The lowest BCUT2D eigenvalue weighted by Gasteiger charge is -2.20. The van der Waals surface area contributed by atoms with Crippen molar-refractivity contribution in [1.82, 2.24) is 14.5 Å². The third-order valence-electron chi connectivity index (χ3n) is 5.10. The first-order chi connectivity index (χ1) is 12.1. The molecule has 1 aromatic carbocycles. The molecule has 2 heterocycles. The van der Waals surface area contributed by atoms with Gasteiger partial charge in [-0.05, 0) is 57.6 Å². The minimum Gasteiger partial charge on any atom is -0.381 e. The molecule has 2 aliphatic heterocycles. The molecule has 25 heavy (non-hydrogen) atoms. The van der Waals surface area contributed by atoms with Crippen LogP contribution in [0.3, 0.4) is 0 Å². The lowest BCUT2D eigenvalue weighted by atomic mass is 10.1. The molecular formula is C21H30N4. The number of aromatic nitrogens is 2. The van der Waals surface area contributed by atoms with E-state index in [1.165, 1.54) is 30.3 Å². The summed E-state index contributed by atoms with van der Waals surface area (Å²) in [4.78, 5) is 7.38. The van der Waals surface area contributed by atoms with Crippen LogP contribution >= 0.6 is 0 Å². The Bertz CT molecular complexity index is 788. The fraction of sp³-hybridized carbons (Fsp3) is 0.476. The Morgan fingerprint density at radius 1 is 1.16 bits per heavy atom. The topological polar surface area (TPSA) is 33.1 Å². The van der Waals surface area contributed by atoms with Gasteiger partial charge in [-0.3, -0.25) is 0 Å². The molecule has 0 aliphatic carbocycles. The van der Waals surface area contributed by atoms with Crippen LogP contribution in [-0.4, -0.2) is 40.1 Å². The molecule has 0 fully saturated rings. The number of aryl methyl sites for hydroxylation is 1. The lowest BCUT2D eigenvalue weighted by molar-refractivity contribution is 0.295. The van der Waals surface area contributed by atoms with Crippen LogP contribution in [0.1, 0.15) is 33.6 Å². The molecule has 134 valence electrons. The van der Waals surface area contributed by atoms with Crippen LogP contribution in [-0.2, 0) is 7.05 Å². The summed E-state index contributed by atoms with van der Waals surface area (Å²) in [6.07, 6.45) is 4.44. The molecule has 0 spiro atoms. The zero-order valence-electron chi connectivity index (χ0n) is 15.9. The van der Waals surface area contributed by atoms with Gasteiger partial charge in [0.2, 0.25) is 0 Å². The Hall–Kier alpha value is -2.07. The zero-order chi connectivity index (χ0) is 17.8. The molecule has 1 aromatic rings. The van der Waals surface area contributed by atoms with Gasteiger partial charge in [0.15, 0.2) is 0 Å². The van der Waals surface area contributed by atoms with Crippen molar-refractivity contribution >= 4 is 16.6 Å². The maximum atomic E-state index is 4.90. The fourth-order valence-corrected chi connectivity index (χ4v) is 3.56. The summed E-state index contributed by atoms with van der Waals surface area (Å²) in [5.74, 6) is 1.04. The van der Waals surface area contributed by atoms with Crippen molar-refractivity contribution < 1.29 is 0 Å². The Kier molecular flexibility index (Phi) is 5.59. The predicted octanol–water partition coefficient (Wildman–Crippen LogP) is 4.60. The Morgan fingerprint density at radius 2 is 1.96 bits per heavy atom. The summed E-state index contributed by atoms with van der Waals surface area (Å²) in [5, 5.41) is 4.91. The summed E-state index contributed by atoms with van der Waals surface area (Å²) in [6, 6.07) is 11.1. The van der Waals surface area contributed by atoms with Crippen molar-refractivity contribution in [3.05, 3.63) is 36.5 Å². The summed E-state index contributed by atoms with van der Waals surface area (Å²) in [7, 11) is 2.05. The molecule has 4 nitrogen and oxygen atoms in total. The summed E-state index contributed by atoms with van der Waals surface area (Å²) >= 11 is 0. The number of pyridine rings is 1. The summed E-state index contributed by atoms with van der Waals surface area (Å²) in [5.41, 5.74) is 3.44.